The molecule has 2 aromatic carbocycles. The topological polar surface area (TPSA) is 112 Å². The molecule has 1 heterocycles. The first-order valence-electron chi connectivity index (χ1n) is 7.13. The van der Waals surface area contributed by atoms with Gasteiger partial charge in [0.2, 0.25) is 11.2 Å². The Balaban J connectivity index is 2.24. The number of hydrogen-bond acceptors (Lipinski definition) is 7. The molecule has 0 aliphatic heterocycles. The minimum absolute atomic E-state index is 0.0627. The molecule has 3 aromatic rings. The van der Waals surface area contributed by atoms with Crippen LogP contribution in [-0.4, -0.2) is 24.2 Å². The molecule has 1 N–H and O–H groups in total. The zero-order valence-electron chi connectivity index (χ0n) is 13.3. The SMILES string of the molecule is COc1ccc(-c2oc3ccc([N+](=O)[O-])cc3c(=O)c2O)cc1OC. The predicted molar refractivity (Wildman–Crippen MR) is 89.3 cm³/mol. The van der Waals surface area contributed by atoms with Crippen LogP contribution in [0.1, 0.15) is 0 Å². The Morgan fingerprint density at radius 2 is 1.80 bits per heavy atom. The van der Waals surface area contributed by atoms with Crippen molar-refractivity contribution in [2.45, 2.75) is 0 Å². The van der Waals surface area contributed by atoms with Crippen molar-refractivity contribution >= 4 is 16.7 Å². The second kappa shape index (κ2) is 6.16. The number of nitro groups is 1. The number of nitrogens with zero attached hydrogens (tertiary/aromatic N) is 1. The highest BCUT2D eigenvalue weighted by Crippen LogP contribution is 2.36. The Morgan fingerprint density at radius 3 is 2.44 bits per heavy atom. The van der Waals surface area contributed by atoms with Crippen LogP contribution in [0.5, 0.6) is 17.2 Å². The van der Waals surface area contributed by atoms with Gasteiger partial charge < -0.3 is 19.0 Å². The highest BCUT2D eigenvalue weighted by atomic mass is 16.6. The van der Waals surface area contributed by atoms with Crippen molar-refractivity contribution < 1.29 is 23.9 Å². The molecule has 0 spiro atoms. The number of non-ortho nitro benzene ring substituents is 1. The van der Waals surface area contributed by atoms with Crippen molar-refractivity contribution in [1.82, 2.24) is 0 Å². The van der Waals surface area contributed by atoms with Crippen molar-refractivity contribution in [1.29, 1.82) is 0 Å². The number of ether oxygens (including phenoxy) is 2. The maximum absolute atomic E-state index is 12.4. The summed E-state index contributed by atoms with van der Waals surface area (Å²) in [7, 11) is 2.94. The van der Waals surface area contributed by atoms with Crippen LogP contribution in [-0.2, 0) is 0 Å². The van der Waals surface area contributed by atoms with E-state index in [-0.39, 0.29) is 22.4 Å². The van der Waals surface area contributed by atoms with Crippen LogP contribution < -0.4 is 14.9 Å². The highest BCUT2D eigenvalue weighted by molar-refractivity contribution is 5.84. The molecular formula is C17H13NO7. The zero-order chi connectivity index (χ0) is 18.1. The molecule has 0 unspecified atom stereocenters. The summed E-state index contributed by atoms with van der Waals surface area (Å²) >= 11 is 0. The molecule has 0 saturated heterocycles. The molecule has 0 amide bonds. The Hall–Kier alpha value is -3.55. The monoisotopic (exact) mass is 343 g/mol. The van der Waals surface area contributed by atoms with Crippen molar-refractivity contribution in [3.8, 4) is 28.6 Å². The molecular weight excluding hydrogens is 330 g/mol. The van der Waals surface area contributed by atoms with E-state index in [1.165, 1.54) is 26.4 Å². The number of hydrogen-bond donors (Lipinski definition) is 1. The number of aromatic hydroxyl groups is 1. The Labute approximate surface area is 141 Å². The molecule has 0 radical (unpaired) electrons. The smallest absolute Gasteiger partial charge is 0.270 e. The fourth-order valence-corrected chi connectivity index (χ4v) is 2.46. The van der Waals surface area contributed by atoms with E-state index < -0.39 is 16.1 Å². The molecule has 0 atom stereocenters. The summed E-state index contributed by atoms with van der Waals surface area (Å²) in [5, 5.41) is 21.0. The summed E-state index contributed by atoms with van der Waals surface area (Å²) in [6.45, 7) is 0. The van der Waals surface area contributed by atoms with Gasteiger partial charge in [-0.05, 0) is 24.3 Å². The summed E-state index contributed by atoms with van der Waals surface area (Å²) in [6.07, 6.45) is 0. The second-order valence-electron chi connectivity index (χ2n) is 5.12. The fourth-order valence-electron chi connectivity index (χ4n) is 2.46. The fraction of sp³-hybridized carbons (Fsp3) is 0.118. The molecule has 25 heavy (non-hydrogen) atoms. The number of rotatable bonds is 4. The van der Waals surface area contributed by atoms with Gasteiger partial charge in [-0.3, -0.25) is 14.9 Å². The van der Waals surface area contributed by atoms with E-state index in [1.54, 1.807) is 18.2 Å². The molecule has 0 aliphatic carbocycles. The molecule has 3 rings (SSSR count). The van der Waals surface area contributed by atoms with Crippen LogP contribution in [0, 0.1) is 10.1 Å². The standard InChI is InChI=1S/C17H13NO7/c1-23-13-5-3-9(7-14(13)24-2)17-16(20)15(19)11-8-10(18(21)22)4-6-12(11)25-17/h3-8,20H,1-2H3. The summed E-state index contributed by atoms with van der Waals surface area (Å²) in [5.41, 5.74) is -0.501. The Bertz CT molecular complexity index is 1040. The average molecular weight is 343 g/mol. The molecule has 0 bridgehead atoms. The summed E-state index contributed by atoms with van der Waals surface area (Å²) in [4.78, 5) is 22.6. The van der Waals surface area contributed by atoms with Gasteiger partial charge in [-0.1, -0.05) is 0 Å². The van der Waals surface area contributed by atoms with Crippen molar-refractivity contribution in [3.63, 3.8) is 0 Å². The predicted octanol–water partition coefficient (Wildman–Crippen LogP) is 3.09. The summed E-state index contributed by atoms with van der Waals surface area (Å²) in [5.74, 6) is 0.169. The van der Waals surface area contributed by atoms with E-state index in [4.69, 9.17) is 13.9 Å². The molecule has 0 fully saturated rings. The first kappa shape index (κ1) is 16.3. The van der Waals surface area contributed by atoms with Gasteiger partial charge >= 0.3 is 0 Å². The van der Waals surface area contributed by atoms with E-state index in [0.29, 0.717) is 17.1 Å². The number of nitro benzene ring substituents is 1. The third-order valence-electron chi connectivity index (χ3n) is 3.71. The van der Waals surface area contributed by atoms with Crippen LogP contribution >= 0.6 is 0 Å². The van der Waals surface area contributed by atoms with Crippen LogP contribution in [0.2, 0.25) is 0 Å². The molecule has 8 heteroatoms. The van der Waals surface area contributed by atoms with E-state index >= 15 is 0 Å². The van der Waals surface area contributed by atoms with Gasteiger partial charge in [0.25, 0.3) is 5.69 Å². The summed E-state index contributed by atoms with van der Waals surface area (Å²) in [6, 6.07) is 8.36. The van der Waals surface area contributed by atoms with Crippen LogP contribution in [0.15, 0.2) is 45.6 Å². The van der Waals surface area contributed by atoms with Crippen LogP contribution in [0.3, 0.4) is 0 Å². The van der Waals surface area contributed by atoms with E-state index in [9.17, 15) is 20.0 Å². The lowest BCUT2D eigenvalue weighted by Crippen LogP contribution is -2.03. The van der Waals surface area contributed by atoms with Gasteiger partial charge in [-0.15, -0.1) is 0 Å². The zero-order valence-corrected chi connectivity index (χ0v) is 13.3. The molecule has 8 nitrogen and oxygen atoms in total. The first-order valence-corrected chi connectivity index (χ1v) is 7.13. The number of fused-ring (bicyclic) bond motifs is 1. The molecule has 1 aromatic heterocycles. The molecule has 128 valence electrons. The molecule has 0 aliphatic rings. The van der Waals surface area contributed by atoms with Gasteiger partial charge in [0.05, 0.1) is 24.5 Å². The third kappa shape index (κ3) is 2.74. The van der Waals surface area contributed by atoms with Crippen molar-refractivity contribution in [2.24, 2.45) is 0 Å². The van der Waals surface area contributed by atoms with Crippen LogP contribution in [0.4, 0.5) is 5.69 Å². The van der Waals surface area contributed by atoms with Crippen molar-refractivity contribution in [3.05, 3.63) is 56.7 Å². The third-order valence-corrected chi connectivity index (χ3v) is 3.71. The highest BCUT2D eigenvalue weighted by Gasteiger charge is 2.19. The van der Waals surface area contributed by atoms with Crippen molar-refractivity contribution in [2.75, 3.05) is 14.2 Å². The van der Waals surface area contributed by atoms with Gasteiger partial charge in [0.15, 0.2) is 17.3 Å². The van der Waals surface area contributed by atoms with Gasteiger partial charge in [0.1, 0.15) is 5.58 Å². The maximum atomic E-state index is 12.4. The minimum Gasteiger partial charge on any atom is -0.502 e. The van der Waals surface area contributed by atoms with Gasteiger partial charge in [-0.2, -0.15) is 0 Å². The van der Waals surface area contributed by atoms with E-state index in [1.807, 2.05) is 0 Å². The first-order chi connectivity index (χ1) is 12.0. The maximum Gasteiger partial charge on any atom is 0.270 e. The largest absolute Gasteiger partial charge is 0.502 e. The average Bonchev–Trinajstić information content (AvgIpc) is 2.63. The van der Waals surface area contributed by atoms with E-state index in [0.717, 1.165) is 6.07 Å². The Morgan fingerprint density at radius 1 is 1.08 bits per heavy atom. The Kier molecular flexibility index (Phi) is 4.02. The second-order valence-corrected chi connectivity index (χ2v) is 5.12. The normalized spacial score (nSPS) is 10.6. The quantitative estimate of drug-likeness (QED) is 0.572. The lowest BCUT2D eigenvalue weighted by molar-refractivity contribution is -0.384. The lowest BCUT2D eigenvalue weighted by atomic mass is 10.1. The molecule has 0 saturated carbocycles. The van der Waals surface area contributed by atoms with Gasteiger partial charge in [-0.25, -0.2) is 0 Å². The number of benzene rings is 2. The summed E-state index contributed by atoms with van der Waals surface area (Å²) < 4.78 is 15.9. The van der Waals surface area contributed by atoms with Gasteiger partial charge in [0, 0.05) is 17.7 Å². The van der Waals surface area contributed by atoms with Crippen LogP contribution in [0.25, 0.3) is 22.3 Å². The van der Waals surface area contributed by atoms with E-state index in [2.05, 4.69) is 0 Å². The minimum atomic E-state index is -0.755. The lowest BCUT2D eigenvalue weighted by Gasteiger charge is -2.10. The number of methoxy groups -OCH3 is 2.